The van der Waals surface area contributed by atoms with Crippen molar-refractivity contribution in [3.63, 3.8) is 0 Å². The Balaban J connectivity index is 1.37. The molecule has 2 aromatic heterocycles. The van der Waals surface area contributed by atoms with E-state index in [9.17, 15) is 23.1 Å². The van der Waals surface area contributed by atoms with Crippen LogP contribution >= 0.6 is 11.8 Å². The van der Waals surface area contributed by atoms with Crippen molar-refractivity contribution >= 4 is 44.4 Å². The van der Waals surface area contributed by atoms with Gasteiger partial charge in [-0.1, -0.05) is 30.0 Å². The van der Waals surface area contributed by atoms with Crippen molar-refractivity contribution in [1.82, 2.24) is 25.1 Å². The summed E-state index contributed by atoms with van der Waals surface area (Å²) in [5, 5.41) is 21.7. The third-order valence-corrected chi connectivity index (χ3v) is 8.32. The third-order valence-electron chi connectivity index (χ3n) is 5.53. The van der Waals surface area contributed by atoms with Gasteiger partial charge in [0.05, 0.1) is 17.3 Å². The number of hydrogen-bond acceptors (Lipinski definition) is 7. The Labute approximate surface area is 188 Å². The highest BCUT2D eigenvalue weighted by Crippen LogP contribution is 2.29. The molecule has 1 fully saturated rings. The van der Waals surface area contributed by atoms with Crippen LogP contribution < -0.4 is 5.32 Å². The number of benzene rings is 1. The Morgan fingerprint density at radius 2 is 2.12 bits per heavy atom. The number of aromatic nitrogens is 4. The molecule has 10 nitrogen and oxygen atoms in total. The summed E-state index contributed by atoms with van der Waals surface area (Å²) in [4.78, 5) is 27.3. The van der Waals surface area contributed by atoms with E-state index in [1.807, 2.05) is 24.3 Å². The van der Waals surface area contributed by atoms with Gasteiger partial charge in [-0.15, -0.1) is 10.2 Å². The fraction of sp³-hybridized carbons (Fsp3) is 0.400. The highest BCUT2D eigenvalue weighted by atomic mass is 32.2. The summed E-state index contributed by atoms with van der Waals surface area (Å²) >= 11 is 1.13. The predicted octanol–water partition coefficient (Wildman–Crippen LogP) is 1.10. The van der Waals surface area contributed by atoms with Crippen molar-refractivity contribution in [3.05, 3.63) is 41.9 Å². The largest absolute Gasteiger partial charge is 0.480 e. The van der Waals surface area contributed by atoms with E-state index in [2.05, 4.69) is 20.5 Å². The Morgan fingerprint density at radius 3 is 2.84 bits per heavy atom. The van der Waals surface area contributed by atoms with Crippen LogP contribution in [-0.4, -0.2) is 68.4 Å². The van der Waals surface area contributed by atoms with Crippen molar-refractivity contribution < 1.29 is 23.1 Å². The molecule has 4 rings (SSSR count). The zero-order valence-electron chi connectivity index (χ0n) is 17.3. The number of carboxylic acid groups (broad SMARTS) is 1. The van der Waals surface area contributed by atoms with Crippen LogP contribution in [0.15, 0.2) is 35.6 Å². The molecule has 170 valence electrons. The summed E-state index contributed by atoms with van der Waals surface area (Å²) < 4.78 is 25.1. The van der Waals surface area contributed by atoms with E-state index in [0.717, 1.165) is 28.2 Å². The molecule has 1 aromatic carbocycles. The number of hydrogen-bond donors (Lipinski definition) is 3. The van der Waals surface area contributed by atoms with Gasteiger partial charge >= 0.3 is 5.97 Å². The minimum absolute atomic E-state index is 0.0351. The number of thioether (sulfide) groups is 1. The monoisotopic (exact) mass is 477 g/mol. The fourth-order valence-electron chi connectivity index (χ4n) is 3.89. The second-order valence-corrected chi connectivity index (χ2v) is 11.0. The molecule has 0 radical (unpaired) electrons. The number of fused-ring (bicyclic) bond motifs is 1. The molecule has 3 N–H and O–H groups in total. The quantitative estimate of drug-likeness (QED) is 0.409. The molecular formula is C20H23N5O5S2. The lowest BCUT2D eigenvalue weighted by atomic mass is 10.1. The van der Waals surface area contributed by atoms with Gasteiger partial charge in [0.15, 0.2) is 15.0 Å². The highest BCUT2D eigenvalue weighted by molar-refractivity contribution is 7.99. The predicted molar refractivity (Wildman–Crippen MR) is 119 cm³/mol. The molecule has 0 spiro atoms. The number of rotatable bonds is 8. The Hall–Kier alpha value is -2.86. The molecule has 0 unspecified atom stereocenters. The lowest BCUT2D eigenvalue weighted by Crippen LogP contribution is -2.43. The number of sulfone groups is 1. The molecule has 1 saturated heterocycles. The number of aromatic amines is 1. The van der Waals surface area contributed by atoms with E-state index in [0.29, 0.717) is 17.4 Å². The van der Waals surface area contributed by atoms with Crippen molar-refractivity contribution in [2.45, 2.75) is 30.0 Å². The summed E-state index contributed by atoms with van der Waals surface area (Å²) in [5.41, 5.74) is 1.71. The Kier molecular flexibility index (Phi) is 6.24. The summed E-state index contributed by atoms with van der Waals surface area (Å²) in [7, 11) is -1.31. The van der Waals surface area contributed by atoms with Crippen molar-refractivity contribution in [2.75, 3.05) is 17.3 Å². The number of H-pyrrole nitrogens is 1. The van der Waals surface area contributed by atoms with E-state index in [1.165, 1.54) is 0 Å². The maximum Gasteiger partial charge on any atom is 0.326 e. The van der Waals surface area contributed by atoms with Gasteiger partial charge in [-0.3, -0.25) is 4.79 Å². The smallest absolute Gasteiger partial charge is 0.326 e. The molecule has 3 heterocycles. The molecule has 3 aromatic rings. The zero-order chi connectivity index (χ0) is 22.9. The number of aliphatic carboxylic acids is 1. The van der Waals surface area contributed by atoms with Crippen LogP contribution in [-0.2, 0) is 32.9 Å². The molecular weight excluding hydrogens is 454 g/mol. The molecule has 1 amide bonds. The number of carbonyl (C=O) groups is 2. The van der Waals surface area contributed by atoms with Crippen molar-refractivity contribution in [2.24, 2.45) is 7.05 Å². The van der Waals surface area contributed by atoms with Crippen LogP contribution in [0.4, 0.5) is 0 Å². The number of para-hydroxylation sites is 1. The van der Waals surface area contributed by atoms with Gasteiger partial charge in [0.2, 0.25) is 5.91 Å². The molecule has 0 aliphatic carbocycles. The topological polar surface area (TPSA) is 147 Å². The summed E-state index contributed by atoms with van der Waals surface area (Å²) in [6.45, 7) is 0. The van der Waals surface area contributed by atoms with Gasteiger partial charge in [0.25, 0.3) is 0 Å². The Morgan fingerprint density at radius 1 is 1.34 bits per heavy atom. The van der Waals surface area contributed by atoms with Crippen LogP contribution in [0.3, 0.4) is 0 Å². The van der Waals surface area contributed by atoms with E-state index < -0.39 is 27.8 Å². The Bertz CT molecular complexity index is 1270. The number of nitrogens with zero attached hydrogens (tertiary/aromatic N) is 3. The standard InChI is InChI=1S/C20H23N5O5S2/c1-25-18(12-6-7-32(29,30)11-12)23-24-20(25)31-10-17(26)22-16(19(27)28)8-13-9-21-15-5-3-2-4-14(13)15/h2-5,9,12,16,21H,6-8,10-11H2,1H3,(H,22,26)(H,27,28)/t12-,16-/m0/s1. The van der Waals surface area contributed by atoms with Crippen LogP contribution in [0.5, 0.6) is 0 Å². The van der Waals surface area contributed by atoms with E-state index in [1.54, 1.807) is 17.8 Å². The summed E-state index contributed by atoms with van der Waals surface area (Å²) in [5.74, 6) is -1.01. The van der Waals surface area contributed by atoms with Crippen LogP contribution in [0.25, 0.3) is 10.9 Å². The van der Waals surface area contributed by atoms with Crippen LogP contribution in [0, 0.1) is 0 Å². The van der Waals surface area contributed by atoms with Crippen molar-refractivity contribution in [3.8, 4) is 0 Å². The first-order chi connectivity index (χ1) is 15.2. The van der Waals surface area contributed by atoms with E-state index in [4.69, 9.17) is 0 Å². The lowest BCUT2D eigenvalue weighted by molar-refractivity contribution is -0.141. The van der Waals surface area contributed by atoms with E-state index in [-0.39, 0.29) is 29.6 Å². The zero-order valence-corrected chi connectivity index (χ0v) is 18.9. The maximum atomic E-state index is 12.4. The van der Waals surface area contributed by atoms with Gasteiger partial charge < -0.3 is 20.0 Å². The van der Waals surface area contributed by atoms with Gasteiger partial charge in [-0.25, -0.2) is 13.2 Å². The van der Waals surface area contributed by atoms with Gasteiger partial charge in [-0.05, 0) is 18.1 Å². The second kappa shape index (κ2) is 8.94. The minimum atomic E-state index is -3.04. The number of carboxylic acids is 1. The normalized spacial score (nSPS) is 18.6. The first-order valence-corrected chi connectivity index (χ1v) is 12.8. The van der Waals surface area contributed by atoms with E-state index >= 15 is 0 Å². The number of carbonyl (C=O) groups excluding carboxylic acids is 1. The SMILES string of the molecule is Cn1c(SCC(=O)N[C@@H](Cc2c[nH]c3ccccc23)C(=O)O)nnc1[C@H]1CCS(=O)(=O)C1. The van der Waals surface area contributed by atoms with Gasteiger partial charge in [0, 0.05) is 36.5 Å². The summed E-state index contributed by atoms with van der Waals surface area (Å²) in [6.07, 6.45) is 2.42. The minimum Gasteiger partial charge on any atom is -0.480 e. The average Bonchev–Trinajstić information content (AvgIpc) is 3.43. The summed E-state index contributed by atoms with van der Waals surface area (Å²) in [6, 6.07) is 6.50. The molecule has 0 saturated carbocycles. The lowest BCUT2D eigenvalue weighted by Gasteiger charge is -2.14. The number of nitrogens with one attached hydrogen (secondary N) is 2. The third kappa shape index (κ3) is 4.80. The average molecular weight is 478 g/mol. The van der Waals surface area contributed by atoms with Crippen LogP contribution in [0.2, 0.25) is 0 Å². The first kappa shape index (κ1) is 22.3. The molecule has 32 heavy (non-hydrogen) atoms. The molecule has 1 aliphatic heterocycles. The van der Waals surface area contributed by atoms with Crippen molar-refractivity contribution in [1.29, 1.82) is 0 Å². The molecule has 12 heteroatoms. The van der Waals surface area contributed by atoms with Crippen LogP contribution in [0.1, 0.15) is 23.7 Å². The first-order valence-electron chi connectivity index (χ1n) is 10.0. The fourth-order valence-corrected chi connectivity index (χ4v) is 6.36. The van der Waals surface area contributed by atoms with Gasteiger partial charge in [-0.2, -0.15) is 0 Å². The molecule has 0 bridgehead atoms. The highest BCUT2D eigenvalue weighted by Gasteiger charge is 2.32. The number of amides is 1. The van der Waals surface area contributed by atoms with Gasteiger partial charge in [0.1, 0.15) is 11.9 Å². The maximum absolute atomic E-state index is 12.4. The molecule has 1 aliphatic rings. The molecule has 2 atom stereocenters. The second-order valence-electron chi connectivity index (χ2n) is 7.81.